The Balaban J connectivity index is 0.837. The van der Waals surface area contributed by atoms with Crippen molar-refractivity contribution in [1.29, 1.82) is 0 Å². The lowest BCUT2D eigenvalue weighted by Gasteiger charge is -2.11. The summed E-state index contributed by atoms with van der Waals surface area (Å²) in [4.78, 5) is 0. The van der Waals surface area contributed by atoms with Gasteiger partial charge in [0, 0.05) is 66.2 Å². The van der Waals surface area contributed by atoms with E-state index in [0.717, 1.165) is 83.2 Å². The van der Waals surface area contributed by atoms with Crippen LogP contribution >= 0.6 is 0 Å². The molecule has 0 bridgehead atoms. The van der Waals surface area contributed by atoms with Gasteiger partial charge in [-0.1, -0.05) is 127 Å². The number of para-hydroxylation sites is 5. The highest BCUT2D eigenvalue weighted by atomic mass is 16.3. The summed E-state index contributed by atoms with van der Waals surface area (Å²) in [6.45, 7) is 0. The first kappa shape index (κ1) is 36.3. The largest absolute Gasteiger partial charge is 0.456 e. The first-order chi connectivity index (χ1) is 33.2. The fraction of sp³-hybridized carbons (Fsp3) is 0. The Hall–Kier alpha value is -9.06. The van der Waals surface area contributed by atoms with Gasteiger partial charge in [-0.25, -0.2) is 0 Å². The minimum Gasteiger partial charge on any atom is -0.456 e. The molecule has 10 aromatic carbocycles. The molecule has 5 nitrogen and oxygen atoms in total. The van der Waals surface area contributed by atoms with Gasteiger partial charge in [-0.3, -0.25) is 4.57 Å². The molecule has 0 N–H and O–H groups in total. The van der Waals surface area contributed by atoms with Crippen molar-refractivity contribution in [3.63, 3.8) is 0 Å². The summed E-state index contributed by atoms with van der Waals surface area (Å²) in [5, 5.41) is 10.6. The molecule has 0 amide bonds. The zero-order chi connectivity index (χ0) is 43.7. The number of fused-ring (bicyclic) bond motifs is 14. The maximum atomic E-state index is 6.74. The molecule has 0 saturated heterocycles. The summed E-state index contributed by atoms with van der Waals surface area (Å²) in [5.41, 5.74) is 17.3. The Morgan fingerprint density at radius 3 is 1.46 bits per heavy atom. The molecule has 0 unspecified atom stereocenters. The number of hydrogen-bond donors (Lipinski definition) is 0. The molecule has 0 aliphatic rings. The molecule has 5 aromatic heterocycles. The van der Waals surface area contributed by atoms with Crippen molar-refractivity contribution in [1.82, 2.24) is 13.7 Å². The first-order valence-electron chi connectivity index (χ1n) is 22.8. The Labute approximate surface area is 383 Å². The van der Waals surface area contributed by atoms with Crippen LogP contribution in [0.15, 0.2) is 233 Å². The van der Waals surface area contributed by atoms with Gasteiger partial charge in [0.2, 0.25) is 5.71 Å². The van der Waals surface area contributed by atoms with E-state index in [0.29, 0.717) is 0 Å². The lowest BCUT2D eigenvalue weighted by atomic mass is 9.99. The predicted molar refractivity (Wildman–Crippen MR) is 277 cm³/mol. The van der Waals surface area contributed by atoms with Gasteiger partial charge in [0.15, 0.2) is 0 Å². The van der Waals surface area contributed by atoms with Crippen LogP contribution in [-0.4, -0.2) is 13.7 Å². The molecule has 0 spiro atoms. The Morgan fingerprint density at radius 2 is 0.761 bits per heavy atom. The molecule has 5 heteroatoms. The fourth-order valence-corrected chi connectivity index (χ4v) is 11.1. The lowest BCUT2D eigenvalue weighted by molar-refractivity contribution is 0.645. The standard InChI is InChI=1S/C62H37N3O2/c1-2-13-41(14-3-1)65-54-22-10-6-18-49(54)61-60-44(19-12-24-58(60)67-62(61)65)38-25-29-42(30-26-38)63-52-20-8-4-15-45(52)50-35-39(27-33-55(50)63)40-28-34-56-51(36-40)46-16-5-9-21-53(46)64(56)43-31-32-48-47-17-7-11-23-57(47)66-59(48)37-43/h1-37H. The predicted octanol–water partition coefficient (Wildman–Crippen LogP) is 17.0. The van der Waals surface area contributed by atoms with E-state index >= 15 is 0 Å². The maximum Gasteiger partial charge on any atom is 0.213 e. The van der Waals surface area contributed by atoms with Crippen molar-refractivity contribution in [2.45, 2.75) is 0 Å². The molecule has 0 atom stereocenters. The average molecular weight is 856 g/mol. The molecule has 5 heterocycles. The van der Waals surface area contributed by atoms with Crippen molar-refractivity contribution in [3.05, 3.63) is 224 Å². The zero-order valence-electron chi connectivity index (χ0n) is 36.0. The lowest BCUT2D eigenvalue weighted by Crippen LogP contribution is -1.94. The number of rotatable bonds is 5. The second kappa shape index (κ2) is 13.7. The molecule has 0 aliphatic heterocycles. The van der Waals surface area contributed by atoms with Crippen LogP contribution in [-0.2, 0) is 0 Å². The molecule has 0 fully saturated rings. The van der Waals surface area contributed by atoms with Crippen molar-refractivity contribution in [2.75, 3.05) is 0 Å². The number of benzene rings is 10. The van der Waals surface area contributed by atoms with Gasteiger partial charge in [0.25, 0.3) is 0 Å². The molecule has 0 saturated carbocycles. The van der Waals surface area contributed by atoms with Gasteiger partial charge in [0.1, 0.15) is 16.7 Å². The molecule has 67 heavy (non-hydrogen) atoms. The summed E-state index contributed by atoms with van der Waals surface area (Å²) < 4.78 is 20.1. The quantitative estimate of drug-likeness (QED) is 0.173. The summed E-state index contributed by atoms with van der Waals surface area (Å²) in [6, 6.07) is 80.7. The monoisotopic (exact) mass is 855 g/mol. The van der Waals surface area contributed by atoms with Crippen LogP contribution in [0.25, 0.3) is 138 Å². The minimum atomic E-state index is 0.861. The van der Waals surface area contributed by atoms with E-state index in [1.165, 1.54) is 54.6 Å². The minimum absolute atomic E-state index is 0.861. The Kier molecular flexibility index (Phi) is 7.44. The highest BCUT2D eigenvalue weighted by Crippen LogP contribution is 2.44. The summed E-state index contributed by atoms with van der Waals surface area (Å²) in [7, 11) is 0. The number of aromatic nitrogens is 3. The second-order valence-corrected chi connectivity index (χ2v) is 17.6. The van der Waals surface area contributed by atoms with E-state index in [9.17, 15) is 0 Å². The summed E-state index contributed by atoms with van der Waals surface area (Å²) in [6.07, 6.45) is 0. The van der Waals surface area contributed by atoms with Gasteiger partial charge in [-0.2, -0.15) is 0 Å². The van der Waals surface area contributed by atoms with E-state index in [1.807, 2.05) is 12.1 Å². The van der Waals surface area contributed by atoms with Crippen LogP contribution in [0.3, 0.4) is 0 Å². The first-order valence-corrected chi connectivity index (χ1v) is 22.8. The smallest absolute Gasteiger partial charge is 0.213 e. The summed E-state index contributed by atoms with van der Waals surface area (Å²) in [5.74, 6) is 0. The fourth-order valence-electron chi connectivity index (χ4n) is 11.1. The molecular weight excluding hydrogens is 819 g/mol. The van der Waals surface area contributed by atoms with Crippen molar-refractivity contribution in [2.24, 2.45) is 0 Å². The zero-order valence-corrected chi connectivity index (χ0v) is 36.0. The molecule has 0 radical (unpaired) electrons. The Morgan fingerprint density at radius 1 is 0.254 bits per heavy atom. The topological polar surface area (TPSA) is 41.1 Å². The second-order valence-electron chi connectivity index (χ2n) is 17.6. The average Bonchev–Trinajstić information content (AvgIpc) is 4.19. The number of hydrogen-bond acceptors (Lipinski definition) is 2. The SMILES string of the molecule is c1ccc(-n2c3ccccc3c3c4c(-c5ccc(-n6c7ccccc7c7cc(-c8ccc9c(c8)c8ccccc8n9-c8ccc9c(c8)oc8ccccc89)ccc76)cc5)cccc4oc32)cc1. The van der Waals surface area contributed by atoms with Crippen LogP contribution in [0, 0.1) is 0 Å². The highest BCUT2D eigenvalue weighted by molar-refractivity contribution is 6.24. The van der Waals surface area contributed by atoms with Gasteiger partial charge >= 0.3 is 0 Å². The van der Waals surface area contributed by atoms with Crippen LogP contribution in [0.1, 0.15) is 0 Å². The van der Waals surface area contributed by atoms with Gasteiger partial charge < -0.3 is 18.0 Å². The number of furan rings is 2. The highest BCUT2D eigenvalue weighted by Gasteiger charge is 2.22. The van der Waals surface area contributed by atoms with Crippen LogP contribution in [0.2, 0.25) is 0 Å². The van der Waals surface area contributed by atoms with Crippen LogP contribution < -0.4 is 0 Å². The molecule has 312 valence electrons. The normalized spacial score (nSPS) is 12.2. The van der Waals surface area contributed by atoms with E-state index in [2.05, 4.69) is 226 Å². The van der Waals surface area contributed by atoms with Crippen molar-refractivity contribution < 1.29 is 8.83 Å². The van der Waals surface area contributed by atoms with Crippen LogP contribution in [0.4, 0.5) is 0 Å². The third kappa shape index (κ3) is 5.19. The summed E-state index contributed by atoms with van der Waals surface area (Å²) >= 11 is 0. The van der Waals surface area contributed by atoms with E-state index < -0.39 is 0 Å². The van der Waals surface area contributed by atoms with Crippen molar-refractivity contribution in [3.8, 4) is 39.3 Å². The van der Waals surface area contributed by atoms with E-state index in [1.54, 1.807) is 0 Å². The Bertz CT molecular complexity index is 4500. The van der Waals surface area contributed by atoms with E-state index in [4.69, 9.17) is 8.83 Å². The van der Waals surface area contributed by atoms with Gasteiger partial charge in [-0.15, -0.1) is 0 Å². The third-order valence-electron chi connectivity index (χ3n) is 14.1. The number of nitrogens with zero attached hydrogens (tertiary/aromatic N) is 3. The molecule has 15 rings (SSSR count). The molecule has 0 aliphatic carbocycles. The molecule has 15 aromatic rings. The van der Waals surface area contributed by atoms with Gasteiger partial charge in [0.05, 0.1) is 33.0 Å². The molecular formula is C62H37N3O2. The maximum absolute atomic E-state index is 6.74. The van der Waals surface area contributed by atoms with E-state index in [-0.39, 0.29) is 0 Å². The third-order valence-corrected chi connectivity index (χ3v) is 14.1. The van der Waals surface area contributed by atoms with Gasteiger partial charge in [-0.05, 0) is 113 Å². The van der Waals surface area contributed by atoms with Crippen molar-refractivity contribution >= 4 is 98.5 Å². The van der Waals surface area contributed by atoms with Crippen LogP contribution in [0.5, 0.6) is 0 Å².